The van der Waals surface area contributed by atoms with Gasteiger partial charge in [-0.2, -0.15) is 13.2 Å². The Hall–Kier alpha value is -4.59. The van der Waals surface area contributed by atoms with Crippen LogP contribution in [0.3, 0.4) is 0 Å². The van der Waals surface area contributed by atoms with E-state index in [9.17, 15) is 27.9 Å². The van der Waals surface area contributed by atoms with Gasteiger partial charge in [0.05, 0.1) is 17.5 Å². The molecule has 0 bridgehead atoms. The number of carboxylic acids is 1. The number of aromatic nitrogens is 4. The molecule has 44 heavy (non-hydrogen) atoms. The molecule has 0 radical (unpaired) electrons. The Morgan fingerprint density at radius 3 is 2.41 bits per heavy atom. The molecule has 1 aliphatic rings. The largest absolute Gasteiger partial charge is 0.478 e. The number of carboxylic acid groups (broad SMARTS) is 1. The predicted molar refractivity (Wildman–Crippen MR) is 150 cm³/mol. The summed E-state index contributed by atoms with van der Waals surface area (Å²) in [5.74, 6) is -3.69. The van der Waals surface area contributed by atoms with E-state index < -0.39 is 48.5 Å². The van der Waals surface area contributed by atoms with E-state index in [0.717, 1.165) is 10.9 Å². The Morgan fingerprint density at radius 1 is 1.07 bits per heavy atom. The molecule has 1 fully saturated rings. The number of rotatable bonds is 10. The summed E-state index contributed by atoms with van der Waals surface area (Å²) < 4.78 is 70.6. The summed E-state index contributed by atoms with van der Waals surface area (Å²) in [6, 6.07) is 13.6. The van der Waals surface area contributed by atoms with Gasteiger partial charge in [-0.3, -0.25) is 4.57 Å². The highest BCUT2D eigenvalue weighted by Crippen LogP contribution is 2.39. The average molecular weight is 616 g/mol. The van der Waals surface area contributed by atoms with Crippen LogP contribution in [0, 0.1) is 0 Å². The number of anilines is 1. The number of esters is 1. The fourth-order valence-electron chi connectivity index (χ4n) is 5.13. The Bertz CT molecular complexity index is 1640. The van der Waals surface area contributed by atoms with E-state index in [0.29, 0.717) is 12.8 Å². The van der Waals surface area contributed by atoms with Crippen molar-refractivity contribution in [2.24, 2.45) is 0 Å². The minimum absolute atomic E-state index is 0.0294. The molecule has 0 spiro atoms. The lowest BCUT2D eigenvalue weighted by molar-refractivity contribution is -0.144. The third-order valence-electron chi connectivity index (χ3n) is 7.46. The fraction of sp³-hybridized carbons (Fsp3) is 0.367. The number of fused-ring (bicyclic) bond motifs is 1. The van der Waals surface area contributed by atoms with Crippen LogP contribution < -0.4 is 5.32 Å². The van der Waals surface area contributed by atoms with Crippen LogP contribution >= 0.6 is 0 Å². The SMILES string of the molecule is CCC(CC)Nc1nc(C(F)(F)F)nc2c1ncn2[C@@H]1O[C@H](Cc2ccccc2C(=O)O)[C@@H](OC(=O)c2ccccc2)[C@@H]1F. The Kier molecular flexibility index (Phi) is 8.81. The number of carbonyl (C=O) groups excluding carboxylic acids is 1. The van der Waals surface area contributed by atoms with Crippen molar-refractivity contribution in [3.05, 3.63) is 83.4 Å². The second kappa shape index (κ2) is 12.6. The van der Waals surface area contributed by atoms with Gasteiger partial charge in [-0.15, -0.1) is 0 Å². The number of ether oxygens (including phenoxy) is 2. The molecule has 0 aliphatic carbocycles. The molecule has 4 aromatic rings. The molecule has 0 unspecified atom stereocenters. The average Bonchev–Trinajstić information content (AvgIpc) is 3.56. The minimum atomic E-state index is -4.92. The summed E-state index contributed by atoms with van der Waals surface area (Å²) in [5, 5.41) is 12.6. The number of aromatic carboxylic acids is 1. The summed E-state index contributed by atoms with van der Waals surface area (Å²) in [6.45, 7) is 3.73. The third kappa shape index (κ3) is 6.20. The number of nitrogens with zero attached hydrogens (tertiary/aromatic N) is 4. The van der Waals surface area contributed by atoms with Gasteiger partial charge >= 0.3 is 18.1 Å². The maximum absolute atomic E-state index is 16.3. The first-order chi connectivity index (χ1) is 21.0. The van der Waals surface area contributed by atoms with E-state index in [1.807, 2.05) is 13.8 Å². The van der Waals surface area contributed by atoms with Crippen molar-refractivity contribution in [3.63, 3.8) is 0 Å². The molecule has 1 saturated heterocycles. The second-order valence-corrected chi connectivity index (χ2v) is 10.3. The highest BCUT2D eigenvalue weighted by atomic mass is 19.4. The van der Waals surface area contributed by atoms with E-state index in [1.165, 1.54) is 30.3 Å². The van der Waals surface area contributed by atoms with Gasteiger partial charge in [0, 0.05) is 12.5 Å². The number of halogens is 4. The van der Waals surface area contributed by atoms with Gasteiger partial charge in [0.15, 0.2) is 35.5 Å². The maximum atomic E-state index is 16.3. The van der Waals surface area contributed by atoms with Crippen molar-refractivity contribution in [1.82, 2.24) is 19.5 Å². The van der Waals surface area contributed by atoms with E-state index in [2.05, 4.69) is 20.3 Å². The van der Waals surface area contributed by atoms with Crippen molar-refractivity contribution < 1.29 is 41.7 Å². The van der Waals surface area contributed by atoms with Crippen LogP contribution in [0.4, 0.5) is 23.4 Å². The predicted octanol–water partition coefficient (Wildman–Crippen LogP) is 5.85. The standard InChI is InChI=1S/C30H29F4N5O5/c1-3-18(4-2)36-24-22-25(38-29(37-24)30(32,33)34)39(15-35-22)26-21(31)23(44-28(42)16-10-6-5-7-11-16)20(43-26)14-17-12-8-9-13-19(17)27(40)41/h5-13,15,18,20-21,23,26H,3-4,14H2,1-2H3,(H,40,41)(H,36,37,38)/t20-,21+,23-,26-/m1/s1. The van der Waals surface area contributed by atoms with Gasteiger partial charge in [-0.25, -0.2) is 28.9 Å². The number of hydrogen-bond donors (Lipinski definition) is 2. The fourth-order valence-corrected chi connectivity index (χ4v) is 5.13. The van der Waals surface area contributed by atoms with E-state index in [4.69, 9.17) is 9.47 Å². The molecular formula is C30H29F4N5O5. The van der Waals surface area contributed by atoms with Crippen LogP contribution in [0.1, 0.15) is 65.0 Å². The van der Waals surface area contributed by atoms with Gasteiger partial charge in [0.2, 0.25) is 5.82 Å². The first kappa shape index (κ1) is 30.9. The molecule has 0 amide bonds. The van der Waals surface area contributed by atoms with Crippen LogP contribution in [-0.2, 0) is 22.1 Å². The number of hydrogen-bond acceptors (Lipinski definition) is 8. The van der Waals surface area contributed by atoms with Gasteiger partial charge in [0.1, 0.15) is 6.10 Å². The maximum Gasteiger partial charge on any atom is 0.451 e. The van der Waals surface area contributed by atoms with Gasteiger partial charge in [0.25, 0.3) is 0 Å². The minimum Gasteiger partial charge on any atom is -0.478 e. The summed E-state index contributed by atoms with van der Waals surface area (Å²) in [4.78, 5) is 36.4. The molecule has 2 aromatic carbocycles. The van der Waals surface area contributed by atoms with Gasteiger partial charge in [-0.05, 0) is 36.6 Å². The molecule has 232 valence electrons. The number of benzene rings is 2. The Balaban J connectivity index is 1.56. The van der Waals surface area contributed by atoms with Crippen LogP contribution in [0.25, 0.3) is 11.2 Å². The van der Waals surface area contributed by atoms with Crippen molar-refractivity contribution in [3.8, 4) is 0 Å². The Labute approximate surface area is 249 Å². The zero-order valence-corrected chi connectivity index (χ0v) is 23.7. The summed E-state index contributed by atoms with van der Waals surface area (Å²) in [7, 11) is 0. The van der Waals surface area contributed by atoms with Crippen LogP contribution in [0.2, 0.25) is 0 Å². The van der Waals surface area contributed by atoms with Crippen LogP contribution in [-0.4, -0.2) is 61.0 Å². The van der Waals surface area contributed by atoms with Gasteiger partial charge in [-0.1, -0.05) is 50.2 Å². The quantitative estimate of drug-likeness (QED) is 0.167. The number of imidazole rings is 1. The van der Waals surface area contributed by atoms with E-state index >= 15 is 4.39 Å². The van der Waals surface area contributed by atoms with Crippen molar-refractivity contribution >= 4 is 28.9 Å². The lowest BCUT2D eigenvalue weighted by Crippen LogP contribution is -2.35. The number of alkyl halides is 4. The molecule has 14 heteroatoms. The van der Waals surface area contributed by atoms with Crippen molar-refractivity contribution in [2.75, 3.05) is 5.32 Å². The Morgan fingerprint density at radius 2 is 1.75 bits per heavy atom. The first-order valence-electron chi connectivity index (χ1n) is 14.0. The molecule has 2 N–H and O–H groups in total. The normalized spacial score (nSPS) is 20.2. The van der Waals surface area contributed by atoms with Gasteiger partial charge < -0.3 is 19.9 Å². The van der Waals surface area contributed by atoms with E-state index in [1.54, 1.807) is 24.3 Å². The zero-order valence-electron chi connectivity index (χ0n) is 23.7. The summed E-state index contributed by atoms with van der Waals surface area (Å²) in [6.07, 6.45) is -9.30. The number of nitrogens with one attached hydrogen (secondary N) is 1. The second-order valence-electron chi connectivity index (χ2n) is 10.3. The molecular weight excluding hydrogens is 586 g/mol. The highest BCUT2D eigenvalue weighted by molar-refractivity contribution is 5.90. The lowest BCUT2D eigenvalue weighted by atomic mass is 9.98. The zero-order chi connectivity index (χ0) is 31.6. The topological polar surface area (TPSA) is 128 Å². The molecule has 4 atom stereocenters. The molecule has 5 rings (SSSR count). The summed E-state index contributed by atoms with van der Waals surface area (Å²) in [5.41, 5.74) is -0.00440. The number of carbonyl (C=O) groups is 2. The van der Waals surface area contributed by atoms with Crippen LogP contribution in [0.5, 0.6) is 0 Å². The van der Waals surface area contributed by atoms with Crippen molar-refractivity contribution in [2.45, 2.75) is 69.9 Å². The molecule has 10 nitrogen and oxygen atoms in total. The smallest absolute Gasteiger partial charge is 0.451 e. The third-order valence-corrected chi connectivity index (χ3v) is 7.46. The van der Waals surface area contributed by atoms with Crippen LogP contribution in [0.15, 0.2) is 60.9 Å². The first-order valence-corrected chi connectivity index (χ1v) is 14.0. The lowest BCUT2D eigenvalue weighted by Gasteiger charge is -2.20. The monoisotopic (exact) mass is 615 g/mol. The molecule has 1 aliphatic heterocycles. The molecule has 2 aromatic heterocycles. The van der Waals surface area contributed by atoms with E-state index in [-0.39, 0.29) is 46.1 Å². The van der Waals surface area contributed by atoms with Crippen molar-refractivity contribution in [1.29, 1.82) is 0 Å². The summed E-state index contributed by atoms with van der Waals surface area (Å²) >= 11 is 0. The molecule has 0 saturated carbocycles. The highest BCUT2D eigenvalue weighted by Gasteiger charge is 2.49. The molecule has 3 heterocycles.